The lowest BCUT2D eigenvalue weighted by atomic mass is 9.84. The van der Waals surface area contributed by atoms with Crippen LogP contribution in [0.4, 0.5) is 0 Å². The number of carbonyl (C=O) groups excluding carboxylic acids is 2. The van der Waals surface area contributed by atoms with Crippen LogP contribution in [0, 0.1) is 0 Å². The minimum atomic E-state index is -0.745. The molecule has 86 valence electrons. The van der Waals surface area contributed by atoms with Gasteiger partial charge in [0.25, 0.3) is 0 Å². The molecule has 15 heavy (non-hydrogen) atoms. The van der Waals surface area contributed by atoms with Gasteiger partial charge in [0.1, 0.15) is 11.1 Å². The first-order valence-electron chi connectivity index (χ1n) is 5.42. The first-order valence-corrected chi connectivity index (χ1v) is 5.42. The van der Waals surface area contributed by atoms with Crippen molar-refractivity contribution in [3.05, 3.63) is 0 Å². The molecule has 0 aromatic rings. The molecule has 4 heteroatoms. The zero-order chi connectivity index (χ0) is 11.9. The molecule has 0 aromatic carbocycles. The number of rotatable bonds is 2. The Bertz CT molecular complexity index is 293. The fourth-order valence-corrected chi connectivity index (χ4v) is 1.88. The van der Waals surface area contributed by atoms with Gasteiger partial charge in [-0.2, -0.15) is 0 Å². The van der Waals surface area contributed by atoms with Crippen molar-refractivity contribution in [2.75, 3.05) is 7.05 Å². The molecule has 0 bridgehead atoms. The summed E-state index contributed by atoms with van der Waals surface area (Å²) in [6.45, 7) is 7.37. The summed E-state index contributed by atoms with van der Waals surface area (Å²) in [5.41, 5.74) is -1.44. The molecule has 0 atom stereocenters. The summed E-state index contributed by atoms with van der Waals surface area (Å²) < 4.78 is 0. The Labute approximate surface area is 91.0 Å². The zero-order valence-corrected chi connectivity index (χ0v) is 10.2. The van der Waals surface area contributed by atoms with E-state index in [1.807, 2.05) is 13.8 Å². The second kappa shape index (κ2) is 3.51. The molecule has 0 unspecified atom stereocenters. The van der Waals surface area contributed by atoms with E-state index in [1.54, 1.807) is 25.8 Å². The number of carbonyl (C=O) groups is 2. The average Bonchev–Trinajstić information content (AvgIpc) is 2.21. The first kappa shape index (κ1) is 12.0. The third-order valence-electron chi connectivity index (χ3n) is 3.67. The van der Waals surface area contributed by atoms with E-state index < -0.39 is 11.1 Å². The van der Waals surface area contributed by atoms with Crippen LogP contribution in [-0.4, -0.2) is 34.8 Å². The number of piperazine rings is 1. The summed E-state index contributed by atoms with van der Waals surface area (Å²) in [4.78, 5) is 25.6. The van der Waals surface area contributed by atoms with E-state index in [0.717, 1.165) is 0 Å². The molecular formula is C11H20N2O2. The number of nitrogens with one attached hydrogen (secondary N) is 1. The van der Waals surface area contributed by atoms with Crippen molar-refractivity contribution < 1.29 is 9.59 Å². The molecule has 4 nitrogen and oxygen atoms in total. The van der Waals surface area contributed by atoms with Crippen LogP contribution in [0.2, 0.25) is 0 Å². The molecule has 1 aliphatic heterocycles. The minimum absolute atomic E-state index is 0.0112. The van der Waals surface area contributed by atoms with Gasteiger partial charge in [-0.25, -0.2) is 0 Å². The monoisotopic (exact) mass is 212 g/mol. The highest BCUT2D eigenvalue weighted by molar-refractivity contribution is 6.01. The summed E-state index contributed by atoms with van der Waals surface area (Å²) in [6, 6.07) is 0. The summed E-state index contributed by atoms with van der Waals surface area (Å²) in [5, 5.41) is 2.87. The lowest BCUT2D eigenvalue weighted by Gasteiger charge is -2.48. The van der Waals surface area contributed by atoms with Crippen molar-refractivity contribution >= 4 is 11.8 Å². The van der Waals surface area contributed by atoms with Crippen molar-refractivity contribution in [3.8, 4) is 0 Å². The predicted octanol–water partition coefficient (Wildman–Crippen LogP) is 0.912. The van der Waals surface area contributed by atoms with E-state index in [2.05, 4.69) is 5.32 Å². The molecule has 1 fully saturated rings. The van der Waals surface area contributed by atoms with Gasteiger partial charge in [-0.15, -0.1) is 0 Å². The quantitative estimate of drug-likeness (QED) is 0.739. The molecule has 1 heterocycles. The fourth-order valence-electron chi connectivity index (χ4n) is 1.88. The molecule has 2 amide bonds. The van der Waals surface area contributed by atoms with Gasteiger partial charge in [-0.1, -0.05) is 13.8 Å². The average molecular weight is 212 g/mol. The summed E-state index contributed by atoms with van der Waals surface area (Å²) >= 11 is 0. The third kappa shape index (κ3) is 1.52. The van der Waals surface area contributed by atoms with Gasteiger partial charge >= 0.3 is 0 Å². The summed E-state index contributed by atoms with van der Waals surface area (Å²) in [7, 11) is 1.70. The van der Waals surface area contributed by atoms with Crippen molar-refractivity contribution in [2.24, 2.45) is 0 Å². The van der Waals surface area contributed by atoms with Crippen molar-refractivity contribution in [1.29, 1.82) is 0 Å². The van der Waals surface area contributed by atoms with Crippen molar-refractivity contribution in [2.45, 2.75) is 51.6 Å². The van der Waals surface area contributed by atoms with Crippen molar-refractivity contribution in [1.82, 2.24) is 10.2 Å². The van der Waals surface area contributed by atoms with Crippen LogP contribution in [0.15, 0.2) is 0 Å². The van der Waals surface area contributed by atoms with Crippen LogP contribution in [0.25, 0.3) is 0 Å². The molecule has 0 spiro atoms. The normalized spacial score (nSPS) is 23.9. The van der Waals surface area contributed by atoms with E-state index in [4.69, 9.17) is 0 Å². The Morgan fingerprint density at radius 3 is 2.07 bits per heavy atom. The highest BCUT2D eigenvalue weighted by Crippen LogP contribution is 2.28. The zero-order valence-electron chi connectivity index (χ0n) is 10.2. The predicted molar refractivity (Wildman–Crippen MR) is 58.3 cm³/mol. The lowest BCUT2D eigenvalue weighted by molar-refractivity contribution is -0.159. The van der Waals surface area contributed by atoms with Gasteiger partial charge in [0, 0.05) is 7.05 Å². The Balaban J connectivity index is 3.12. The maximum absolute atomic E-state index is 12.2. The number of nitrogens with zero attached hydrogens (tertiary/aromatic N) is 1. The van der Waals surface area contributed by atoms with Crippen LogP contribution >= 0.6 is 0 Å². The largest absolute Gasteiger partial charge is 0.340 e. The maximum atomic E-state index is 12.2. The van der Waals surface area contributed by atoms with Gasteiger partial charge in [-0.3, -0.25) is 9.59 Å². The smallest absolute Gasteiger partial charge is 0.248 e. The molecule has 1 N–H and O–H groups in total. The number of likely N-dealkylation sites (N-methyl/N-ethyl adjacent to an activating group) is 1. The molecular weight excluding hydrogens is 192 g/mol. The summed E-state index contributed by atoms with van der Waals surface area (Å²) in [6.07, 6.45) is 1.27. The Morgan fingerprint density at radius 2 is 1.67 bits per heavy atom. The van der Waals surface area contributed by atoms with Gasteiger partial charge in [0.15, 0.2) is 0 Å². The number of amides is 2. The lowest BCUT2D eigenvalue weighted by Crippen LogP contribution is -2.72. The van der Waals surface area contributed by atoms with Gasteiger partial charge < -0.3 is 10.2 Å². The van der Waals surface area contributed by atoms with Crippen molar-refractivity contribution in [3.63, 3.8) is 0 Å². The van der Waals surface area contributed by atoms with Gasteiger partial charge in [0.2, 0.25) is 11.8 Å². The SMILES string of the molecule is CCC1(CC)NC(=O)C(C)(C)N(C)C1=O. The van der Waals surface area contributed by atoms with E-state index >= 15 is 0 Å². The molecule has 0 aromatic heterocycles. The molecule has 0 radical (unpaired) electrons. The summed E-state index contributed by atoms with van der Waals surface area (Å²) in [5.74, 6) is -0.0644. The third-order valence-corrected chi connectivity index (χ3v) is 3.67. The van der Waals surface area contributed by atoms with E-state index in [1.165, 1.54) is 0 Å². The van der Waals surface area contributed by atoms with Crippen LogP contribution in [0.5, 0.6) is 0 Å². The standard InChI is InChI=1S/C11H20N2O2/c1-6-11(7-2)9(15)13(5)10(3,4)8(14)12-11/h6-7H2,1-5H3,(H,12,14). The van der Waals surface area contributed by atoms with Gasteiger partial charge in [-0.05, 0) is 26.7 Å². The van der Waals surface area contributed by atoms with Crippen LogP contribution in [0.1, 0.15) is 40.5 Å². The Hall–Kier alpha value is -1.06. The van der Waals surface area contributed by atoms with Crippen LogP contribution in [-0.2, 0) is 9.59 Å². The Morgan fingerprint density at radius 1 is 1.20 bits per heavy atom. The second-order valence-corrected chi connectivity index (χ2v) is 4.67. The Kier molecular flexibility index (Phi) is 2.81. The minimum Gasteiger partial charge on any atom is -0.340 e. The topological polar surface area (TPSA) is 49.4 Å². The molecule has 0 saturated carbocycles. The number of hydrogen-bond acceptors (Lipinski definition) is 2. The molecule has 1 saturated heterocycles. The van der Waals surface area contributed by atoms with Crippen LogP contribution in [0.3, 0.4) is 0 Å². The fraction of sp³-hybridized carbons (Fsp3) is 0.818. The van der Waals surface area contributed by atoms with Gasteiger partial charge in [0.05, 0.1) is 0 Å². The molecule has 1 rings (SSSR count). The molecule has 0 aliphatic carbocycles. The highest BCUT2D eigenvalue weighted by atomic mass is 16.2. The highest BCUT2D eigenvalue weighted by Gasteiger charge is 2.51. The second-order valence-electron chi connectivity index (χ2n) is 4.67. The van der Waals surface area contributed by atoms with E-state index in [9.17, 15) is 9.59 Å². The maximum Gasteiger partial charge on any atom is 0.248 e. The van der Waals surface area contributed by atoms with E-state index in [0.29, 0.717) is 12.8 Å². The first-order chi connectivity index (χ1) is 6.81. The van der Waals surface area contributed by atoms with E-state index in [-0.39, 0.29) is 11.8 Å². The van der Waals surface area contributed by atoms with Crippen LogP contribution < -0.4 is 5.32 Å². The number of hydrogen-bond donors (Lipinski definition) is 1. The molecule has 1 aliphatic rings.